The number of aromatic nitrogens is 3. The highest BCUT2D eigenvalue weighted by atomic mass is 35.5. The first kappa shape index (κ1) is 34.1. The molecule has 1 amide bonds. The van der Waals surface area contributed by atoms with Crippen LogP contribution in [0.3, 0.4) is 0 Å². The van der Waals surface area contributed by atoms with E-state index < -0.39 is 5.60 Å². The first-order chi connectivity index (χ1) is 23.6. The summed E-state index contributed by atoms with van der Waals surface area (Å²) in [6, 6.07) is 10.6. The maximum Gasteiger partial charge on any atom is 0.410 e. The van der Waals surface area contributed by atoms with E-state index in [1.807, 2.05) is 44.0 Å². The number of hydrogen-bond acceptors (Lipinski definition) is 8. The molecular formula is C37H52ClN8O3+. The maximum atomic E-state index is 12.4. The molecule has 0 bridgehead atoms. The van der Waals surface area contributed by atoms with Crippen molar-refractivity contribution in [3.05, 3.63) is 53.4 Å². The van der Waals surface area contributed by atoms with Crippen LogP contribution in [0.5, 0.6) is 0 Å². The fourth-order valence-corrected chi connectivity index (χ4v) is 8.11. The van der Waals surface area contributed by atoms with Crippen LogP contribution in [0, 0.1) is 0 Å². The number of anilines is 1. The lowest BCUT2D eigenvalue weighted by Gasteiger charge is -2.37. The Hall–Kier alpha value is -3.41. The Morgan fingerprint density at radius 1 is 1.02 bits per heavy atom. The fourth-order valence-electron chi connectivity index (χ4n) is 7.99. The molecule has 12 heteroatoms. The number of likely N-dealkylation sites (tertiary alicyclic amines) is 2. The van der Waals surface area contributed by atoms with Crippen molar-refractivity contribution in [1.29, 1.82) is 0 Å². The van der Waals surface area contributed by atoms with Crippen LogP contribution in [0.1, 0.15) is 77.3 Å². The number of aromatic amines is 1. The molecule has 4 aliphatic rings. The number of hydrogen-bond donors (Lipinski definition) is 2. The zero-order valence-corrected chi connectivity index (χ0v) is 30.2. The molecule has 11 nitrogen and oxygen atoms in total. The molecule has 264 valence electrons. The van der Waals surface area contributed by atoms with Gasteiger partial charge in [-0.15, -0.1) is 0 Å². The summed E-state index contributed by atoms with van der Waals surface area (Å²) in [6.45, 7) is 12.2. The molecule has 2 N–H and O–H groups in total. The number of likely N-dealkylation sites (N-methyl/N-ethyl adjacent to an activating group) is 1. The summed E-state index contributed by atoms with van der Waals surface area (Å²) < 4.78 is 14.6. The van der Waals surface area contributed by atoms with Gasteiger partial charge in [-0.3, -0.25) is 5.32 Å². The number of piperidine rings is 3. The second kappa shape index (κ2) is 14.1. The van der Waals surface area contributed by atoms with Crippen molar-refractivity contribution in [1.82, 2.24) is 30.1 Å². The highest BCUT2D eigenvalue weighted by Gasteiger charge is 2.62. The van der Waals surface area contributed by atoms with E-state index in [-0.39, 0.29) is 29.9 Å². The zero-order valence-electron chi connectivity index (χ0n) is 29.5. The third-order valence-corrected chi connectivity index (χ3v) is 11.2. The highest BCUT2D eigenvalue weighted by Crippen LogP contribution is 2.39. The number of ether oxygens (including phenoxy) is 2. The summed E-state index contributed by atoms with van der Waals surface area (Å²) in [5, 5.41) is 5.86. The molecule has 3 fully saturated rings. The van der Waals surface area contributed by atoms with Gasteiger partial charge in [0.15, 0.2) is 0 Å². The Kier molecular flexibility index (Phi) is 9.78. The Balaban J connectivity index is 0.894. The van der Waals surface area contributed by atoms with E-state index >= 15 is 0 Å². The molecular weight excluding hydrogens is 640 g/mol. The van der Waals surface area contributed by atoms with Crippen molar-refractivity contribution in [3.63, 3.8) is 0 Å². The zero-order chi connectivity index (χ0) is 34.2. The summed E-state index contributed by atoms with van der Waals surface area (Å²) >= 11 is 6.30. The summed E-state index contributed by atoms with van der Waals surface area (Å²) in [5.74, 6) is 2.38. The van der Waals surface area contributed by atoms with Crippen LogP contribution in [0.15, 0.2) is 42.9 Å². The number of fused-ring (bicyclic) bond motifs is 1. The molecule has 1 atom stereocenters. The molecule has 6 heterocycles. The SMILES string of the molecule is C[N+]1=C(N[C@@H](CCN2CCC(OC3CCN(C(=O)OC(C)(C)C)CC3)CC2)c2ccc(Cl)cc2)C12CCN(c1ncnc3[nH]ccc13)CC2. The number of H-pyrrole nitrogens is 1. The Morgan fingerprint density at radius 2 is 1.69 bits per heavy atom. The lowest BCUT2D eigenvalue weighted by molar-refractivity contribution is -0.478. The number of rotatable bonds is 8. The molecule has 49 heavy (non-hydrogen) atoms. The lowest BCUT2D eigenvalue weighted by Crippen LogP contribution is -2.46. The minimum atomic E-state index is -0.466. The van der Waals surface area contributed by atoms with Gasteiger partial charge in [-0.25, -0.2) is 19.3 Å². The molecule has 4 aliphatic heterocycles. The average molecular weight is 692 g/mol. The van der Waals surface area contributed by atoms with Crippen LogP contribution >= 0.6 is 11.6 Å². The van der Waals surface area contributed by atoms with Gasteiger partial charge in [0.2, 0.25) is 5.54 Å². The van der Waals surface area contributed by atoms with Gasteiger partial charge in [-0.1, -0.05) is 23.7 Å². The molecule has 3 aromatic rings. The Bertz CT molecular complexity index is 1630. The van der Waals surface area contributed by atoms with E-state index in [9.17, 15) is 4.79 Å². The molecule has 7 rings (SSSR count). The number of nitrogens with one attached hydrogen (secondary N) is 2. The molecule has 0 radical (unpaired) electrons. The third-order valence-electron chi connectivity index (χ3n) is 10.9. The summed E-state index contributed by atoms with van der Waals surface area (Å²) in [4.78, 5) is 31.5. The van der Waals surface area contributed by atoms with Crippen LogP contribution in [-0.2, 0) is 9.47 Å². The highest BCUT2D eigenvalue weighted by molar-refractivity contribution is 6.30. The smallest absolute Gasteiger partial charge is 0.410 e. The number of benzene rings is 1. The predicted octanol–water partition coefficient (Wildman–Crippen LogP) is 5.61. The van der Waals surface area contributed by atoms with Gasteiger partial charge in [0.25, 0.3) is 5.84 Å². The standard InChI is InChI=1S/C37H51ClN8O3/c1-36(2,3)49-35(47)46-21-12-29(13-22-46)48-28-10-18-44(19-11-28)20-14-31(26-5-7-27(38)8-6-26)42-34-37(43(34)4)15-23-45(24-16-37)33-30-9-17-39-32(30)40-25-41-33/h5-9,17,25,28-29,31H,10-16,18-24H2,1-4H3,(H,39,40,41)/p+1/t31-,43?/m0/s1. The van der Waals surface area contributed by atoms with Crippen LogP contribution in [-0.4, -0.2) is 117 Å². The first-order valence-electron chi connectivity index (χ1n) is 18.1. The molecule has 0 unspecified atom stereocenters. The summed E-state index contributed by atoms with van der Waals surface area (Å²) in [6.07, 6.45) is 10.9. The second-order valence-corrected chi connectivity index (χ2v) is 15.7. The number of carbonyl (C=O) groups is 1. The predicted molar refractivity (Wildman–Crippen MR) is 193 cm³/mol. The summed E-state index contributed by atoms with van der Waals surface area (Å²) in [5.41, 5.74) is 1.79. The number of carbonyl (C=O) groups excluding carboxylic acids is 1. The van der Waals surface area contributed by atoms with E-state index in [0.717, 1.165) is 99.5 Å². The van der Waals surface area contributed by atoms with Gasteiger partial charge in [0.1, 0.15) is 29.4 Å². The molecule has 1 spiro atoms. The van der Waals surface area contributed by atoms with Crippen molar-refractivity contribution in [2.75, 3.05) is 57.8 Å². The van der Waals surface area contributed by atoms with Gasteiger partial charge in [0.05, 0.1) is 24.6 Å². The normalized spacial score (nSPS) is 21.4. The molecule has 0 aliphatic carbocycles. The van der Waals surface area contributed by atoms with E-state index in [4.69, 9.17) is 21.1 Å². The first-order valence-corrected chi connectivity index (χ1v) is 18.5. The second-order valence-electron chi connectivity index (χ2n) is 15.2. The number of halogens is 1. The van der Waals surface area contributed by atoms with Crippen LogP contribution < -0.4 is 10.2 Å². The monoisotopic (exact) mass is 691 g/mol. The minimum absolute atomic E-state index is 0.0875. The van der Waals surface area contributed by atoms with Crippen molar-refractivity contribution >= 4 is 40.4 Å². The van der Waals surface area contributed by atoms with E-state index in [1.54, 1.807) is 6.33 Å². The van der Waals surface area contributed by atoms with Gasteiger partial charge < -0.3 is 29.2 Å². The minimum Gasteiger partial charge on any atom is -0.444 e. The van der Waals surface area contributed by atoms with Gasteiger partial charge in [0, 0.05) is 76.3 Å². The summed E-state index contributed by atoms with van der Waals surface area (Å²) in [7, 11) is 2.23. The van der Waals surface area contributed by atoms with Gasteiger partial charge in [-0.2, -0.15) is 0 Å². The topological polar surface area (TPSA) is 102 Å². The quantitative estimate of drug-likeness (QED) is 0.294. The van der Waals surface area contributed by atoms with Crippen LogP contribution in [0.25, 0.3) is 11.0 Å². The largest absolute Gasteiger partial charge is 0.444 e. The fraction of sp³-hybridized carbons (Fsp3) is 0.622. The third kappa shape index (κ3) is 7.68. The number of amidine groups is 1. The van der Waals surface area contributed by atoms with Crippen molar-refractivity contribution in [2.45, 2.75) is 95.1 Å². The van der Waals surface area contributed by atoms with Crippen LogP contribution in [0.4, 0.5) is 10.6 Å². The van der Waals surface area contributed by atoms with Crippen molar-refractivity contribution < 1.29 is 18.8 Å². The maximum absolute atomic E-state index is 12.4. The number of nitrogens with zero attached hydrogens (tertiary/aromatic N) is 6. The van der Waals surface area contributed by atoms with Crippen LogP contribution in [0.2, 0.25) is 5.02 Å². The van der Waals surface area contributed by atoms with Crippen molar-refractivity contribution in [3.8, 4) is 0 Å². The van der Waals surface area contributed by atoms with E-state index in [2.05, 4.69) is 59.9 Å². The van der Waals surface area contributed by atoms with Gasteiger partial charge in [-0.05, 0) is 70.2 Å². The van der Waals surface area contributed by atoms with Crippen molar-refractivity contribution in [2.24, 2.45) is 0 Å². The van der Waals surface area contributed by atoms with E-state index in [1.165, 1.54) is 11.4 Å². The Morgan fingerprint density at radius 3 is 2.37 bits per heavy atom. The number of amides is 1. The average Bonchev–Trinajstić information content (AvgIpc) is 3.37. The van der Waals surface area contributed by atoms with Gasteiger partial charge >= 0.3 is 6.09 Å². The molecule has 0 saturated carbocycles. The molecule has 1 aromatic carbocycles. The molecule has 3 saturated heterocycles. The van der Waals surface area contributed by atoms with E-state index in [0.29, 0.717) is 13.1 Å². The molecule has 2 aromatic heterocycles. The Labute approximate surface area is 295 Å². The lowest BCUT2D eigenvalue weighted by atomic mass is 9.92.